The Hall–Kier alpha value is -1.39. The zero-order chi connectivity index (χ0) is 15.3. The second-order valence-corrected chi connectivity index (χ2v) is 5.30. The van der Waals surface area contributed by atoms with E-state index in [-0.39, 0.29) is 5.89 Å². The lowest BCUT2D eigenvalue weighted by atomic mass is 10.1. The molecule has 0 aliphatic rings. The van der Waals surface area contributed by atoms with Crippen LogP contribution in [0.25, 0.3) is 0 Å². The molecule has 120 valence electrons. The minimum atomic E-state index is -0.539. The number of rotatable bonds is 12. The predicted octanol–water partition coefficient (Wildman–Crippen LogP) is 4.32. The van der Waals surface area contributed by atoms with Crippen molar-refractivity contribution in [1.29, 1.82) is 0 Å². The minimum Gasteiger partial charge on any atom is -0.459 e. The molecule has 0 fully saturated rings. The summed E-state index contributed by atoms with van der Waals surface area (Å²) in [7, 11) is 0. The number of carbonyl (C=O) groups excluding carboxylic acids is 1. The Morgan fingerprint density at radius 3 is 2.19 bits per heavy atom. The summed E-state index contributed by atoms with van der Waals surface area (Å²) < 4.78 is 10.1. The van der Waals surface area contributed by atoms with Crippen LogP contribution >= 0.6 is 0 Å². The maximum atomic E-state index is 11.4. The van der Waals surface area contributed by atoms with Gasteiger partial charge in [0.15, 0.2) is 0 Å². The molecule has 0 unspecified atom stereocenters. The van der Waals surface area contributed by atoms with Gasteiger partial charge in [0.25, 0.3) is 0 Å². The highest BCUT2D eigenvalue weighted by Crippen LogP contribution is 2.11. The fourth-order valence-corrected chi connectivity index (χ4v) is 2.22. The number of esters is 1. The highest BCUT2D eigenvalue weighted by molar-refractivity contribution is 5.83. The zero-order valence-corrected chi connectivity index (χ0v) is 13.4. The van der Waals surface area contributed by atoms with Gasteiger partial charge in [-0.25, -0.2) is 4.79 Å². The van der Waals surface area contributed by atoms with Crippen molar-refractivity contribution in [3.63, 3.8) is 0 Å². The summed E-state index contributed by atoms with van der Waals surface area (Å²) in [6.07, 6.45) is 12.2. The molecule has 0 atom stereocenters. The predicted molar refractivity (Wildman–Crippen MR) is 81.2 cm³/mol. The molecule has 0 amide bonds. The fourth-order valence-electron chi connectivity index (χ4n) is 2.22. The average Bonchev–Trinajstić information content (AvgIpc) is 2.95. The van der Waals surface area contributed by atoms with Crippen LogP contribution in [0.1, 0.15) is 88.2 Å². The molecule has 5 nitrogen and oxygen atoms in total. The number of aromatic nitrogens is 2. The van der Waals surface area contributed by atoms with Crippen LogP contribution in [0, 0.1) is 0 Å². The lowest BCUT2D eigenvalue weighted by Crippen LogP contribution is -2.04. The minimum absolute atomic E-state index is 0.0391. The molecule has 5 heteroatoms. The van der Waals surface area contributed by atoms with Gasteiger partial charge in [-0.05, 0) is 13.3 Å². The van der Waals surface area contributed by atoms with E-state index in [9.17, 15) is 4.79 Å². The standard InChI is InChI=1S/C16H28N2O3/c1-3-5-6-7-8-9-10-11-12-13-14-17-18-15(21-14)16(19)20-4-2/h3-13H2,1-2H3. The van der Waals surface area contributed by atoms with E-state index >= 15 is 0 Å². The lowest BCUT2D eigenvalue weighted by molar-refractivity contribution is 0.0478. The molecule has 0 radical (unpaired) electrons. The molecule has 0 saturated carbocycles. The summed E-state index contributed by atoms with van der Waals surface area (Å²) in [6.45, 7) is 4.30. The van der Waals surface area contributed by atoms with Crippen molar-refractivity contribution in [3.05, 3.63) is 11.8 Å². The van der Waals surface area contributed by atoms with Gasteiger partial charge in [-0.3, -0.25) is 0 Å². The fraction of sp³-hybridized carbons (Fsp3) is 0.812. The van der Waals surface area contributed by atoms with Gasteiger partial charge in [0.05, 0.1) is 6.61 Å². The van der Waals surface area contributed by atoms with Crippen LogP contribution in [0.2, 0.25) is 0 Å². The molecular formula is C16H28N2O3. The first kappa shape index (κ1) is 17.7. The smallest absolute Gasteiger partial charge is 0.396 e. The Kier molecular flexibility index (Phi) is 9.49. The number of ether oxygens (including phenoxy) is 1. The average molecular weight is 296 g/mol. The Morgan fingerprint density at radius 1 is 0.952 bits per heavy atom. The molecule has 0 aliphatic heterocycles. The molecule has 0 spiro atoms. The molecule has 1 heterocycles. The molecule has 1 rings (SSSR count). The Morgan fingerprint density at radius 2 is 1.57 bits per heavy atom. The van der Waals surface area contributed by atoms with Crippen LogP contribution in [0.3, 0.4) is 0 Å². The molecule has 0 bridgehead atoms. The van der Waals surface area contributed by atoms with Gasteiger partial charge in [0.2, 0.25) is 5.89 Å². The second kappa shape index (κ2) is 11.3. The van der Waals surface area contributed by atoms with Crippen molar-refractivity contribution in [1.82, 2.24) is 10.2 Å². The maximum absolute atomic E-state index is 11.4. The molecule has 1 aromatic heterocycles. The second-order valence-electron chi connectivity index (χ2n) is 5.30. The molecule has 0 aliphatic carbocycles. The number of unbranched alkanes of at least 4 members (excludes halogenated alkanes) is 8. The van der Waals surface area contributed by atoms with Gasteiger partial charge in [-0.2, -0.15) is 0 Å². The van der Waals surface area contributed by atoms with Crippen molar-refractivity contribution in [2.45, 2.75) is 78.1 Å². The monoisotopic (exact) mass is 296 g/mol. The van der Waals surface area contributed by atoms with Crippen molar-refractivity contribution in [3.8, 4) is 0 Å². The Balaban J connectivity index is 2.04. The SMILES string of the molecule is CCCCCCCCCCCc1nnc(C(=O)OCC)o1. The summed E-state index contributed by atoms with van der Waals surface area (Å²) in [4.78, 5) is 11.4. The zero-order valence-electron chi connectivity index (χ0n) is 13.4. The van der Waals surface area contributed by atoms with Gasteiger partial charge >= 0.3 is 11.9 Å². The number of nitrogens with zero attached hydrogens (tertiary/aromatic N) is 2. The van der Waals surface area contributed by atoms with Gasteiger partial charge in [-0.1, -0.05) is 58.3 Å². The maximum Gasteiger partial charge on any atom is 0.396 e. The van der Waals surface area contributed by atoms with Crippen LogP contribution in [0.5, 0.6) is 0 Å². The van der Waals surface area contributed by atoms with E-state index < -0.39 is 5.97 Å². The summed E-state index contributed by atoms with van der Waals surface area (Å²) in [6, 6.07) is 0. The first-order valence-electron chi connectivity index (χ1n) is 8.27. The van der Waals surface area contributed by atoms with Crippen LogP contribution in [0.4, 0.5) is 0 Å². The number of hydrogen-bond acceptors (Lipinski definition) is 5. The third-order valence-electron chi connectivity index (χ3n) is 3.41. The van der Waals surface area contributed by atoms with E-state index in [0.29, 0.717) is 12.5 Å². The largest absolute Gasteiger partial charge is 0.459 e. The van der Waals surface area contributed by atoms with Crippen molar-refractivity contribution >= 4 is 5.97 Å². The molecular weight excluding hydrogens is 268 g/mol. The van der Waals surface area contributed by atoms with Crippen molar-refractivity contribution in [2.24, 2.45) is 0 Å². The van der Waals surface area contributed by atoms with Gasteiger partial charge < -0.3 is 9.15 Å². The highest BCUT2D eigenvalue weighted by atomic mass is 16.5. The van der Waals surface area contributed by atoms with E-state index in [1.165, 1.54) is 51.4 Å². The molecule has 1 aromatic rings. The number of aryl methyl sites for hydroxylation is 1. The number of hydrogen-bond donors (Lipinski definition) is 0. The van der Waals surface area contributed by atoms with Crippen molar-refractivity contribution < 1.29 is 13.9 Å². The summed E-state index contributed by atoms with van der Waals surface area (Å²) in [5.74, 6) is -0.0490. The summed E-state index contributed by atoms with van der Waals surface area (Å²) in [5, 5.41) is 7.57. The topological polar surface area (TPSA) is 65.2 Å². The Labute approximate surface area is 127 Å². The van der Waals surface area contributed by atoms with Crippen LogP contribution in [0.15, 0.2) is 4.42 Å². The van der Waals surface area contributed by atoms with E-state index in [1.807, 2.05) is 0 Å². The first-order chi connectivity index (χ1) is 10.3. The third-order valence-corrected chi connectivity index (χ3v) is 3.41. The van der Waals surface area contributed by atoms with Gasteiger partial charge in [-0.15, -0.1) is 10.2 Å². The van der Waals surface area contributed by atoms with E-state index in [0.717, 1.165) is 12.8 Å². The molecule has 0 N–H and O–H groups in total. The molecule has 0 aromatic carbocycles. The van der Waals surface area contributed by atoms with E-state index in [4.69, 9.17) is 9.15 Å². The van der Waals surface area contributed by atoms with Crippen molar-refractivity contribution in [2.75, 3.05) is 6.61 Å². The first-order valence-corrected chi connectivity index (χ1v) is 8.27. The quantitative estimate of drug-likeness (QED) is 0.424. The van der Waals surface area contributed by atoms with Crippen LogP contribution in [-0.2, 0) is 11.2 Å². The Bertz CT molecular complexity index is 391. The van der Waals surface area contributed by atoms with Crippen LogP contribution < -0.4 is 0 Å². The molecule has 21 heavy (non-hydrogen) atoms. The van der Waals surface area contributed by atoms with Crippen LogP contribution in [-0.4, -0.2) is 22.8 Å². The third kappa shape index (κ3) is 7.83. The summed E-state index contributed by atoms with van der Waals surface area (Å²) in [5.41, 5.74) is 0. The van der Waals surface area contributed by atoms with Gasteiger partial charge in [0, 0.05) is 6.42 Å². The van der Waals surface area contributed by atoms with E-state index in [2.05, 4.69) is 17.1 Å². The number of carbonyl (C=O) groups is 1. The molecule has 0 saturated heterocycles. The lowest BCUT2D eigenvalue weighted by Gasteiger charge is -2.00. The van der Waals surface area contributed by atoms with Gasteiger partial charge in [0.1, 0.15) is 0 Å². The van der Waals surface area contributed by atoms with E-state index in [1.54, 1.807) is 6.92 Å². The summed E-state index contributed by atoms with van der Waals surface area (Å²) >= 11 is 0. The highest BCUT2D eigenvalue weighted by Gasteiger charge is 2.15. The normalized spacial score (nSPS) is 10.8.